The molecule has 2 aromatic rings. The van der Waals surface area contributed by atoms with E-state index in [1.54, 1.807) is 0 Å². The summed E-state index contributed by atoms with van der Waals surface area (Å²) in [5.41, 5.74) is 3.30. The van der Waals surface area contributed by atoms with Crippen molar-refractivity contribution >= 4 is 23.3 Å². The van der Waals surface area contributed by atoms with Crippen LogP contribution in [0.4, 0.5) is 23.3 Å². The molecule has 0 spiro atoms. The van der Waals surface area contributed by atoms with Crippen molar-refractivity contribution in [3.05, 3.63) is 35.4 Å². The van der Waals surface area contributed by atoms with Gasteiger partial charge >= 0.3 is 0 Å². The molecule has 1 saturated heterocycles. The first-order valence-corrected chi connectivity index (χ1v) is 8.03. The van der Waals surface area contributed by atoms with Crippen molar-refractivity contribution in [3.8, 4) is 0 Å². The zero-order chi connectivity index (χ0) is 16.2. The molecular formula is C17H24N6. The molecule has 1 fully saturated rings. The minimum Gasteiger partial charge on any atom is -0.373 e. The molecular weight excluding hydrogens is 288 g/mol. The summed E-state index contributed by atoms with van der Waals surface area (Å²) < 4.78 is 0. The number of rotatable bonds is 4. The van der Waals surface area contributed by atoms with Gasteiger partial charge in [-0.15, -0.1) is 0 Å². The van der Waals surface area contributed by atoms with Gasteiger partial charge in [-0.1, -0.05) is 17.7 Å². The molecule has 1 aromatic heterocycles. The van der Waals surface area contributed by atoms with Crippen LogP contribution in [0.15, 0.2) is 24.3 Å². The van der Waals surface area contributed by atoms with Crippen LogP contribution in [0.1, 0.15) is 11.1 Å². The molecule has 0 saturated carbocycles. The summed E-state index contributed by atoms with van der Waals surface area (Å²) in [5.74, 6) is 2.49. The number of nitrogens with one attached hydrogen (secondary N) is 3. The fourth-order valence-electron chi connectivity index (χ4n) is 2.65. The Morgan fingerprint density at radius 2 is 1.65 bits per heavy atom. The van der Waals surface area contributed by atoms with E-state index in [0.717, 1.165) is 55.0 Å². The second kappa shape index (κ2) is 6.83. The van der Waals surface area contributed by atoms with Crippen LogP contribution in [0.2, 0.25) is 0 Å². The highest BCUT2D eigenvalue weighted by atomic mass is 15.3. The van der Waals surface area contributed by atoms with E-state index in [4.69, 9.17) is 4.98 Å². The van der Waals surface area contributed by atoms with Gasteiger partial charge in [-0.05, 0) is 26.0 Å². The van der Waals surface area contributed by atoms with Crippen molar-refractivity contribution in [2.75, 3.05) is 48.8 Å². The van der Waals surface area contributed by atoms with E-state index in [9.17, 15) is 0 Å². The predicted octanol–water partition coefficient (Wildman–Crippen LogP) is 2.29. The number of hydrogen-bond donors (Lipinski definition) is 3. The quantitative estimate of drug-likeness (QED) is 0.805. The molecule has 122 valence electrons. The number of anilines is 4. The van der Waals surface area contributed by atoms with E-state index in [1.165, 1.54) is 5.56 Å². The first-order valence-electron chi connectivity index (χ1n) is 8.03. The number of benzene rings is 1. The minimum atomic E-state index is 0.774. The zero-order valence-corrected chi connectivity index (χ0v) is 14.0. The Labute approximate surface area is 137 Å². The lowest BCUT2D eigenvalue weighted by Gasteiger charge is -2.28. The van der Waals surface area contributed by atoms with Crippen LogP contribution in [0.25, 0.3) is 0 Å². The first kappa shape index (κ1) is 15.6. The van der Waals surface area contributed by atoms with Crippen molar-refractivity contribution in [2.45, 2.75) is 13.8 Å². The van der Waals surface area contributed by atoms with Crippen LogP contribution in [0.5, 0.6) is 0 Å². The fraction of sp³-hybridized carbons (Fsp3) is 0.412. The Morgan fingerprint density at radius 3 is 2.30 bits per heavy atom. The molecule has 3 N–H and O–H groups in total. The van der Waals surface area contributed by atoms with Crippen LogP contribution in [0, 0.1) is 13.8 Å². The second-order valence-electron chi connectivity index (χ2n) is 5.82. The Bertz CT molecular complexity index is 662. The molecule has 23 heavy (non-hydrogen) atoms. The zero-order valence-electron chi connectivity index (χ0n) is 14.0. The maximum atomic E-state index is 4.76. The molecule has 6 heteroatoms. The van der Waals surface area contributed by atoms with E-state index in [2.05, 4.69) is 57.0 Å². The van der Waals surface area contributed by atoms with Gasteiger partial charge in [0.15, 0.2) is 0 Å². The minimum absolute atomic E-state index is 0.774. The summed E-state index contributed by atoms with van der Waals surface area (Å²) in [6.45, 7) is 7.90. The number of aryl methyl sites for hydroxylation is 1. The number of piperazine rings is 1. The van der Waals surface area contributed by atoms with E-state index in [0.29, 0.717) is 0 Å². The molecule has 0 radical (unpaired) electrons. The highest BCUT2D eigenvalue weighted by Gasteiger charge is 2.17. The van der Waals surface area contributed by atoms with Gasteiger partial charge in [0.05, 0.1) is 0 Å². The molecule has 0 amide bonds. The fourth-order valence-corrected chi connectivity index (χ4v) is 2.65. The van der Waals surface area contributed by atoms with E-state index in [1.807, 2.05) is 14.0 Å². The molecule has 0 bridgehead atoms. The average Bonchev–Trinajstić information content (AvgIpc) is 2.59. The molecule has 3 rings (SSSR count). The number of aromatic nitrogens is 2. The van der Waals surface area contributed by atoms with E-state index in [-0.39, 0.29) is 0 Å². The Morgan fingerprint density at radius 1 is 1.00 bits per heavy atom. The van der Waals surface area contributed by atoms with Crippen LogP contribution in [-0.4, -0.2) is 43.2 Å². The van der Waals surface area contributed by atoms with E-state index >= 15 is 0 Å². The summed E-state index contributed by atoms with van der Waals surface area (Å²) in [7, 11) is 1.90. The van der Waals surface area contributed by atoms with Crippen LogP contribution in [-0.2, 0) is 0 Å². The molecule has 0 aliphatic carbocycles. The van der Waals surface area contributed by atoms with Crippen molar-refractivity contribution in [1.29, 1.82) is 0 Å². The molecule has 2 heterocycles. The van der Waals surface area contributed by atoms with Crippen molar-refractivity contribution in [3.63, 3.8) is 0 Å². The van der Waals surface area contributed by atoms with Gasteiger partial charge in [0.1, 0.15) is 11.6 Å². The highest BCUT2D eigenvalue weighted by molar-refractivity contribution is 5.66. The van der Waals surface area contributed by atoms with Gasteiger partial charge in [-0.25, -0.2) is 0 Å². The van der Waals surface area contributed by atoms with Crippen LogP contribution < -0.4 is 20.9 Å². The normalized spacial score (nSPS) is 14.7. The molecule has 1 aliphatic heterocycles. The van der Waals surface area contributed by atoms with Gasteiger partial charge < -0.3 is 20.9 Å². The summed E-state index contributed by atoms with van der Waals surface area (Å²) in [5, 5.41) is 9.95. The largest absolute Gasteiger partial charge is 0.373 e. The number of hydrogen-bond acceptors (Lipinski definition) is 6. The number of nitrogens with zero attached hydrogens (tertiary/aromatic N) is 3. The van der Waals surface area contributed by atoms with Gasteiger partial charge in [-0.3, -0.25) is 0 Å². The van der Waals surface area contributed by atoms with Crippen molar-refractivity contribution in [1.82, 2.24) is 15.3 Å². The standard InChI is InChI=1S/C17H24N6/c1-12-4-6-14(7-5-12)20-16-13(2)15(18-3)21-17(22-16)23-10-8-19-9-11-23/h4-7,19H,8-11H2,1-3H3,(H2,18,20,21,22). The van der Waals surface area contributed by atoms with E-state index < -0.39 is 0 Å². The maximum absolute atomic E-state index is 4.76. The Kier molecular flexibility index (Phi) is 4.62. The van der Waals surface area contributed by atoms with Crippen LogP contribution in [0.3, 0.4) is 0 Å². The summed E-state index contributed by atoms with van der Waals surface area (Å²) in [6.07, 6.45) is 0. The summed E-state index contributed by atoms with van der Waals surface area (Å²) >= 11 is 0. The SMILES string of the molecule is CNc1nc(N2CCNCC2)nc(Nc2ccc(C)cc2)c1C. The van der Waals surface area contributed by atoms with Crippen LogP contribution >= 0.6 is 0 Å². The summed E-state index contributed by atoms with van der Waals surface area (Å²) in [6, 6.07) is 8.32. The molecule has 0 atom stereocenters. The predicted molar refractivity (Wildman–Crippen MR) is 95.9 cm³/mol. The van der Waals surface area contributed by atoms with Gasteiger partial charge in [0, 0.05) is 44.5 Å². The Balaban J connectivity index is 1.92. The third-order valence-electron chi connectivity index (χ3n) is 4.08. The third kappa shape index (κ3) is 3.53. The lowest BCUT2D eigenvalue weighted by Crippen LogP contribution is -2.44. The topological polar surface area (TPSA) is 65.1 Å². The van der Waals surface area contributed by atoms with Crippen molar-refractivity contribution in [2.24, 2.45) is 0 Å². The smallest absolute Gasteiger partial charge is 0.229 e. The molecule has 6 nitrogen and oxygen atoms in total. The first-order chi connectivity index (χ1) is 11.2. The van der Waals surface area contributed by atoms with Gasteiger partial charge in [0.2, 0.25) is 5.95 Å². The van der Waals surface area contributed by atoms with Gasteiger partial charge in [0.25, 0.3) is 0 Å². The summed E-state index contributed by atoms with van der Waals surface area (Å²) in [4.78, 5) is 11.6. The lowest BCUT2D eigenvalue weighted by atomic mass is 10.2. The monoisotopic (exact) mass is 312 g/mol. The third-order valence-corrected chi connectivity index (χ3v) is 4.08. The lowest BCUT2D eigenvalue weighted by molar-refractivity contribution is 0.580. The highest BCUT2D eigenvalue weighted by Crippen LogP contribution is 2.26. The van der Waals surface area contributed by atoms with Crippen molar-refractivity contribution < 1.29 is 0 Å². The van der Waals surface area contributed by atoms with Gasteiger partial charge in [-0.2, -0.15) is 9.97 Å². The Hall–Kier alpha value is -2.34. The maximum Gasteiger partial charge on any atom is 0.229 e. The molecule has 1 aromatic carbocycles. The average molecular weight is 312 g/mol. The second-order valence-corrected chi connectivity index (χ2v) is 5.82. The molecule has 1 aliphatic rings. The molecule has 0 unspecified atom stereocenters.